The Bertz CT molecular complexity index is 416. The van der Waals surface area contributed by atoms with Gasteiger partial charge in [-0.1, -0.05) is 24.6 Å². The summed E-state index contributed by atoms with van der Waals surface area (Å²) >= 11 is 0. The molecule has 18 heavy (non-hydrogen) atoms. The van der Waals surface area contributed by atoms with Crippen molar-refractivity contribution in [3.8, 4) is 0 Å². The average molecular weight is 245 g/mol. The van der Waals surface area contributed by atoms with E-state index < -0.39 is 0 Å². The Morgan fingerprint density at radius 1 is 1.11 bits per heavy atom. The Morgan fingerprint density at radius 3 is 2.83 bits per heavy atom. The Balaban J connectivity index is 1.51. The van der Waals surface area contributed by atoms with Crippen LogP contribution in [0.2, 0.25) is 0 Å². The smallest absolute Gasteiger partial charge is 0.0580 e. The molecule has 2 aliphatic rings. The van der Waals surface area contributed by atoms with Crippen molar-refractivity contribution < 1.29 is 5.11 Å². The van der Waals surface area contributed by atoms with E-state index in [2.05, 4.69) is 23.5 Å². The van der Waals surface area contributed by atoms with Crippen molar-refractivity contribution in [1.29, 1.82) is 0 Å². The van der Waals surface area contributed by atoms with Gasteiger partial charge in [0.1, 0.15) is 0 Å². The van der Waals surface area contributed by atoms with Gasteiger partial charge in [-0.15, -0.1) is 0 Å². The maximum Gasteiger partial charge on any atom is 0.0580 e. The van der Waals surface area contributed by atoms with Gasteiger partial charge in [-0.05, 0) is 54.7 Å². The molecule has 1 saturated carbocycles. The topological polar surface area (TPSA) is 32.3 Å². The number of benzene rings is 1. The molecule has 0 amide bonds. The lowest BCUT2D eigenvalue weighted by Gasteiger charge is -2.15. The van der Waals surface area contributed by atoms with Gasteiger partial charge in [0.15, 0.2) is 0 Å². The molecule has 0 bridgehead atoms. The monoisotopic (exact) mass is 245 g/mol. The van der Waals surface area contributed by atoms with Crippen LogP contribution in [0.15, 0.2) is 18.2 Å². The van der Waals surface area contributed by atoms with E-state index in [-0.39, 0.29) is 6.10 Å². The molecular weight excluding hydrogens is 222 g/mol. The van der Waals surface area contributed by atoms with Crippen molar-refractivity contribution in [1.82, 2.24) is 5.32 Å². The third-order valence-electron chi connectivity index (χ3n) is 4.52. The van der Waals surface area contributed by atoms with Gasteiger partial charge in [0.05, 0.1) is 6.10 Å². The fraction of sp³-hybridized carbons (Fsp3) is 0.625. The van der Waals surface area contributed by atoms with Crippen LogP contribution in [0.4, 0.5) is 0 Å². The molecule has 0 spiro atoms. The molecule has 2 unspecified atom stereocenters. The quantitative estimate of drug-likeness (QED) is 0.854. The minimum Gasteiger partial charge on any atom is -0.393 e. The van der Waals surface area contributed by atoms with Crippen LogP contribution in [0.5, 0.6) is 0 Å². The summed E-state index contributed by atoms with van der Waals surface area (Å²) in [4.78, 5) is 0. The number of hydrogen-bond acceptors (Lipinski definition) is 2. The highest BCUT2D eigenvalue weighted by Gasteiger charge is 2.24. The normalized spacial score (nSPS) is 26.5. The Hall–Kier alpha value is -0.860. The van der Waals surface area contributed by atoms with E-state index in [0.29, 0.717) is 5.92 Å². The van der Waals surface area contributed by atoms with E-state index in [4.69, 9.17) is 0 Å². The van der Waals surface area contributed by atoms with Crippen molar-refractivity contribution >= 4 is 0 Å². The van der Waals surface area contributed by atoms with Crippen LogP contribution in [0.25, 0.3) is 0 Å². The third kappa shape index (κ3) is 2.60. The van der Waals surface area contributed by atoms with E-state index in [1.807, 2.05) is 0 Å². The second-order valence-corrected chi connectivity index (χ2v) is 5.85. The van der Waals surface area contributed by atoms with Crippen LogP contribution in [0, 0.1) is 5.92 Å². The van der Waals surface area contributed by atoms with Gasteiger partial charge < -0.3 is 10.4 Å². The zero-order chi connectivity index (χ0) is 12.4. The number of aryl methyl sites for hydroxylation is 2. The summed E-state index contributed by atoms with van der Waals surface area (Å²) in [6.07, 6.45) is 7.12. The molecule has 3 rings (SSSR count). The number of hydrogen-bond donors (Lipinski definition) is 2. The maximum absolute atomic E-state index is 9.77. The molecule has 0 heterocycles. The van der Waals surface area contributed by atoms with Gasteiger partial charge in [-0.25, -0.2) is 0 Å². The average Bonchev–Trinajstić information content (AvgIpc) is 2.98. The van der Waals surface area contributed by atoms with Crippen LogP contribution in [-0.4, -0.2) is 17.8 Å². The summed E-state index contributed by atoms with van der Waals surface area (Å²) in [7, 11) is 0. The van der Waals surface area contributed by atoms with Crippen LogP contribution in [0.3, 0.4) is 0 Å². The highest BCUT2D eigenvalue weighted by Crippen LogP contribution is 2.25. The molecular formula is C16H23NO. The van der Waals surface area contributed by atoms with Crippen molar-refractivity contribution in [2.24, 2.45) is 5.92 Å². The van der Waals surface area contributed by atoms with Gasteiger partial charge in [-0.3, -0.25) is 0 Å². The number of aliphatic hydroxyl groups is 1. The SMILES string of the molecule is OC1CCCC1CNCc1ccc2c(c1)CCC2. The van der Waals surface area contributed by atoms with E-state index in [9.17, 15) is 5.11 Å². The van der Waals surface area contributed by atoms with Crippen LogP contribution in [-0.2, 0) is 19.4 Å². The molecule has 2 N–H and O–H groups in total. The molecule has 0 saturated heterocycles. The highest BCUT2D eigenvalue weighted by atomic mass is 16.3. The predicted octanol–water partition coefficient (Wildman–Crippen LogP) is 2.43. The molecule has 0 aromatic heterocycles. The number of aliphatic hydroxyl groups excluding tert-OH is 1. The zero-order valence-electron chi connectivity index (χ0n) is 11.0. The van der Waals surface area contributed by atoms with E-state index in [1.165, 1.54) is 37.7 Å². The largest absolute Gasteiger partial charge is 0.393 e. The fourth-order valence-electron chi connectivity index (χ4n) is 3.39. The van der Waals surface area contributed by atoms with E-state index in [1.54, 1.807) is 11.1 Å². The van der Waals surface area contributed by atoms with E-state index >= 15 is 0 Å². The summed E-state index contributed by atoms with van der Waals surface area (Å²) < 4.78 is 0. The fourth-order valence-corrected chi connectivity index (χ4v) is 3.39. The molecule has 98 valence electrons. The first-order valence-corrected chi connectivity index (χ1v) is 7.32. The molecule has 2 nitrogen and oxygen atoms in total. The first-order valence-electron chi connectivity index (χ1n) is 7.32. The minimum atomic E-state index is -0.0717. The maximum atomic E-state index is 9.77. The number of fused-ring (bicyclic) bond motifs is 1. The second kappa shape index (κ2) is 5.41. The molecule has 0 radical (unpaired) electrons. The standard InChI is InChI=1S/C16H23NO/c18-16-6-2-5-15(16)11-17-10-12-7-8-13-3-1-4-14(13)9-12/h7-9,15-18H,1-6,10-11H2. The minimum absolute atomic E-state index is 0.0717. The number of rotatable bonds is 4. The zero-order valence-corrected chi connectivity index (χ0v) is 11.0. The third-order valence-corrected chi connectivity index (χ3v) is 4.52. The van der Waals surface area contributed by atoms with Gasteiger partial charge in [-0.2, -0.15) is 0 Å². The van der Waals surface area contributed by atoms with Crippen molar-refractivity contribution in [2.45, 2.75) is 51.2 Å². The van der Waals surface area contributed by atoms with Crippen molar-refractivity contribution in [3.05, 3.63) is 34.9 Å². The van der Waals surface area contributed by atoms with Gasteiger partial charge in [0, 0.05) is 13.1 Å². The summed E-state index contributed by atoms with van der Waals surface area (Å²) in [5.41, 5.74) is 4.49. The summed E-state index contributed by atoms with van der Waals surface area (Å²) in [6.45, 7) is 1.90. The molecule has 2 aliphatic carbocycles. The lowest BCUT2D eigenvalue weighted by molar-refractivity contribution is 0.131. The predicted molar refractivity (Wildman–Crippen MR) is 73.5 cm³/mol. The first kappa shape index (κ1) is 12.2. The second-order valence-electron chi connectivity index (χ2n) is 5.85. The summed E-state index contributed by atoms with van der Waals surface area (Å²) in [5.74, 6) is 0.472. The first-order chi connectivity index (χ1) is 8.83. The molecule has 0 aliphatic heterocycles. The van der Waals surface area contributed by atoms with Crippen LogP contribution >= 0.6 is 0 Å². The molecule has 2 atom stereocenters. The van der Waals surface area contributed by atoms with Gasteiger partial charge in [0.25, 0.3) is 0 Å². The molecule has 1 aromatic rings. The Labute approximate surface area is 109 Å². The van der Waals surface area contributed by atoms with Crippen LogP contribution < -0.4 is 5.32 Å². The Kier molecular flexibility index (Phi) is 3.67. The summed E-state index contributed by atoms with van der Waals surface area (Å²) in [5, 5.41) is 13.3. The van der Waals surface area contributed by atoms with Gasteiger partial charge >= 0.3 is 0 Å². The molecule has 2 heteroatoms. The molecule has 1 aromatic carbocycles. The highest BCUT2D eigenvalue weighted by molar-refractivity contribution is 5.35. The Morgan fingerprint density at radius 2 is 2.00 bits per heavy atom. The molecule has 1 fully saturated rings. The summed E-state index contributed by atoms with van der Waals surface area (Å²) in [6, 6.07) is 6.91. The van der Waals surface area contributed by atoms with Gasteiger partial charge in [0.2, 0.25) is 0 Å². The van der Waals surface area contributed by atoms with Crippen LogP contribution in [0.1, 0.15) is 42.4 Å². The lowest BCUT2D eigenvalue weighted by Crippen LogP contribution is -2.27. The van der Waals surface area contributed by atoms with Crippen molar-refractivity contribution in [2.75, 3.05) is 6.54 Å². The lowest BCUT2D eigenvalue weighted by atomic mass is 10.0. The van der Waals surface area contributed by atoms with Crippen molar-refractivity contribution in [3.63, 3.8) is 0 Å². The number of nitrogens with one attached hydrogen (secondary N) is 1. The van der Waals surface area contributed by atoms with E-state index in [0.717, 1.165) is 19.5 Å².